The van der Waals surface area contributed by atoms with Gasteiger partial charge in [0.25, 0.3) is 5.91 Å². The Morgan fingerprint density at radius 2 is 2.00 bits per heavy atom. The van der Waals surface area contributed by atoms with Gasteiger partial charge in [0.05, 0.1) is 5.52 Å². The molecule has 0 bridgehead atoms. The summed E-state index contributed by atoms with van der Waals surface area (Å²) in [7, 11) is 0. The number of amides is 1. The first-order valence-electron chi connectivity index (χ1n) is 5.19. The lowest BCUT2D eigenvalue weighted by Gasteiger charge is -2.02. The van der Waals surface area contributed by atoms with E-state index >= 15 is 0 Å². The Hall–Kier alpha value is -2.10. The first-order chi connectivity index (χ1) is 7.77. The fraction of sp³-hybridized carbons (Fsp3) is 0.167. The van der Waals surface area contributed by atoms with Gasteiger partial charge >= 0.3 is 0 Å². The summed E-state index contributed by atoms with van der Waals surface area (Å²) in [6.07, 6.45) is 0.345. The second-order valence-corrected chi connectivity index (χ2v) is 3.82. The summed E-state index contributed by atoms with van der Waals surface area (Å²) in [5.74, 6) is -0.211. The highest BCUT2D eigenvalue weighted by atomic mass is 16.2. The van der Waals surface area contributed by atoms with Crippen LogP contribution in [0.15, 0.2) is 30.3 Å². The van der Waals surface area contributed by atoms with Crippen molar-refractivity contribution in [1.29, 1.82) is 0 Å². The third kappa shape index (κ3) is 1.16. The third-order valence-corrected chi connectivity index (χ3v) is 2.82. The Bertz CT molecular complexity index is 598. The average Bonchev–Trinajstić information content (AvgIpc) is 2.61. The molecule has 4 heteroatoms. The molecule has 0 radical (unpaired) electrons. The van der Waals surface area contributed by atoms with Gasteiger partial charge in [-0.15, -0.1) is 0 Å². The van der Waals surface area contributed by atoms with Crippen molar-refractivity contribution < 1.29 is 9.59 Å². The van der Waals surface area contributed by atoms with E-state index in [1.165, 1.54) is 4.57 Å². The van der Waals surface area contributed by atoms with E-state index in [0.29, 0.717) is 18.7 Å². The zero-order valence-corrected chi connectivity index (χ0v) is 8.56. The summed E-state index contributed by atoms with van der Waals surface area (Å²) in [5.41, 5.74) is 1.24. The zero-order chi connectivity index (χ0) is 11.1. The predicted molar refractivity (Wildman–Crippen MR) is 59.5 cm³/mol. The van der Waals surface area contributed by atoms with Crippen LogP contribution in [0.25, 0.3) is 10.9 Å². The van der Waals surface area contributed by atoms with Crippen molar-refractivity contribution in [2.24, 2.45) is 0 Å². The van der Waals surface area contributed by atoms with Gasteiger partial charge < -0.3 is 5.32 Å². The smallest absolute Gasteiger partial charge is 0.268 e. The molecule has 1 aliphatic heterocycles. The lowest BCUT2D eigenvalue weighted by atomic mass is 10.2. The highest BCUT2D eigenvalue weighted by Gasteiger charge is 2.22. The van der Waals surface area contributed by atoms with Gasteiger partial charge in [-0.05, 0) is 12.1 Å². The average molecular weight is 214 g/mol. The third-order valence-electron chi connectivity index (χ3n) is 2.82. The van der Waals surface area contributed by atoms with Crippen LogP contribution in [-0.4, -0.2) is 22.9 Å². The Labute approximate surface area is 91.9 Å². The molecule has 0 spiro atoms. The number of aromatic nitrogens is 1. The minimum absolute atomic E-state index is 0.0328. The number of hydrogen-bond acceptors (Lipinski definition) is 2. The molecule has 1 aromatic carbocycles. The fourth-order valence-electron chi connectivity index (χ4n) is 2.08. The highest BCUT2D eigenvalue weighted by molar-refractivity contribution is 6.06. The second-order valence-electron chi connectivity index (χ2n) is 3.82. The monoisotopic (exact) mass is 214 g/mol. The zero-order valence-electron chi connectivity index (χ0n) is 8.56. The van der Waals surface area contributed by atoms with Crippen molar-refractivity contribution in [2.75, 3.05) is 6.54 Å². The standard InChI is InChI=1S/C12H10N2O2/c15-11-5-6-13-12(16)10-7-8-3-1-2-4-9(8)14(10)11/h1-4,7H,5-6H2,(H,13,16). The van der Waals surface area contributed by atoms with Gasteiger partial charge in [-0.2, -0.15) is 0 Å². The number of carbonyl (C=O) groups excluding carboxylic acids is 2. The van der Waals surface area contributed by atoms with Crippen molar-refractivity contribution in [3.05, 3.63) is 36.0 Å². The van der Waals surface area contributed by atoms with Gasteiger partial charge in [0.1, 0.15) is 5.69 Å². The van der Waals surface area contributed by atoms with Crippen LogP contribution >= 0.6 is 0 Å². The normalized spacial score (nSPS) is 15.8. The van der Waals surface area contributed by atoms with Crippen molar-refractivity contribution in [2.45, 2.75) is 6.42 Å². The number of fused-ring (bicyclic) bond motifs is 3. The summed E-state index contributed by atoms with van der Waals surface area (Å²) in [4.78, 5) is 23.6. The van der Waals surface area contributed by atoms with E-state index in [1.54, 1.807) is 6.07 Å². The van der Waals surface area contributed by atoms with Crippen LogP contribution in [0.5, 0.6) is 0 Å². The Morgan fingerprint density at radius 1 is 1.19 bits per heavy atom. The number of carbonyl (C=O) groups is 2. The number of benzene rings is 1. The van der Waals surface area contributed by atoms with E-state index in [0.717, 1.165) is 10.9 Å². The maximum absolute atomic E-state index is 11.9. The van der Waals surface area contributed by atoms with E-state index < -0.39 is 0 Å². The second kappa shape index (κ2) is 3.20. The lowest BCUT2D eigenvalue weighted by Crippen LogP contribution is -2.22. The summed E-state index contributed by atoms with van der Waals surface area (Å²) in [6, 6.07) is 9.27. The van der Waals surface area contributed by atoms with Gasteiger partial charge in [-0.1, -0.05) is 18.2 Å². The van der Waals surface area contributed by atoms with Crippen LogP contribution in [0.1, 0.15) is 21.7 Å². The van der Waals surface area contributed by atoms with E-state index in [1.807, 2.05) is 24.3 Å². The molecule has 2 heterocycles. The van der Waals surface area contributed by atoms with Crippen molar-refractivity contribution in [3.8, 4) is 0 Å². The van der Waals surface area contributed by atoms with Crippen LogP contribution in [0.3, 0.4) is 0 Å². The van der Waals surface area contributed by atoms with Crippen molar-refractivity contribution >= 4 is 22.7 Å². The topological polar surface area (TPSA) is 51.1 Å². The van der Waals surface area contributed by atoms with E-state index in [4.69, 9.17) is 0 Å². The quantitative estimate of drug-likeness (QED) is 0.721. The molecule has 1 amide bonds. The maximum Gasteiger partial charge on any atom is 0.268 e. The Kier molecular flexibility index (Phi) is 1.83. The molecule has 1 aliphatic rings. The predicted octanol–water partition coefficient (Wildman–Crippen LogP) is 1.41. The molecule has 0 unspecified atom stereocenters. The van der Waals surface area contributed by atoms with Gasteiger partial charge in [-0.25, -0.2) is 0 Å². The summed E-state index contributed by atoms with van der Waals surface area (Å²) >= 11 is 0. The molecular formula is C12H10N2O2. The number of nitrogens with one attached hydrogen (secondary N) is 1. The van der Waals surface area contributed by atoms with Crippen molar-refractivity contribution in [1.82, 2.24) is 9.88 Å². The maximum atomic E-state index is 11.9. The number of para-hydroxylation sites is 1. The van der Waals surface area contributed by atoms with Gasteiger partial charge in [0, 0.05) is 18.4 Å². The minimum atomic E-state index is -0.179. The summed E-state index contributed by atoms with van der Waals surface area (Å²) < 4.78 is 1.51. The molecule has 3 rings (SSSR count). The molecule has 80 valence electrons. The summed E-state index contributed by atoms with van der Waals surface area (Å²) in [6.45, 7) is 0.410. The fourth-order valence-corrected chi connectivity index (χ4v) is 2.08. The van der Waals surface area contributed by atoms with Crippen molar-refractivity contribution in [3.63, 3.8) is 0 Å². The molecule has 16 heavy (non-hydrogen) atoms. The van der Waals surface area contributed by atoms with Crippen LogP contribution in [0.4, 0.5) is 0 Å². The van der Waals surface area contributed by atoms with E-state index in [2.05, 4.69) is 5.32 Å². The van der Waals surface area contributed by atoms with Crippen LogP contribution in [0, 0.1) is 0 Å². The molecule has 1 N–H and O–H groups in total. The summed E-state index contributed by atoms with van der Waals surface area (Å²) in [5, 5.41) is 3.63. The van der Waals surface area contributed by atoms with E-state index in [-0.39, 0.29) is 11.8 Å². The first-order valence-corrected chi connectivity index (χ1v) is 5.19. The number of nitrogens with zero attached hydrogens (tertiary/aromatic N) is 1. The molecular weight excluding hydrogens is 204 g/mol. The van der Waals surface area contributed by atoms with Gasteiger partial charge in [0.2, 0.25) is 5.91 Å². The highest BCUT2D eigenvalue weighted by Crippen LogP contribution is 2.21. The molecule has 0 fully saturated rings. The molecule has 1 aromatic heterocycles. The molecule has 4 nitrogen and oxygen atoms in total. The molecule has 0 saturated heterocycles. The SMILES string of the molecule is O=C1NCCC(=O)n2c1cc1ccccc12. The Balaban J connectivity index is 2.38. The minimum Gasteiger partial charge on any atom is -0.350 e. The van der Waals surface area contributed by atoms with Gasteiger partial charge in [-0.3, -0.25) is 14.2 Å². The first kappa shape index (κ1) is 9.15. The van der Waals surface area contributed by atoms with Crippen LogP contribution in [0.2, 0.25) is 0 Å². The largest absolute Gasteiger partial charge is 0.350 e. The Morgan fingerprint density at radius 3 is 2.88 bits per heavy atom. The van der Waals surface area contributed by atoms with E-state index in [9.17, 15) is 9.59 Å². The van der Waals surface area contributed by atoms with Crippen LogP contribution < -0.4 is 5.32 Å². The molecule has 0 aliphatic carbocycles. The number of hydrogen-bond donors (Lipinski definition) is 1. The van der Waals surface area contributed by atoms with Crippen LogP contribution in [-0.2, 0) is 0 Å². The number of rotatable bonds is 0. The lowest BCUT2D eigenvalue weighted by molar-refractivity contribution is 0.0904. The molecule has 0 atom stereocenters. The van der Waals surface area contributed by atoms with Gasteiger partial charge in [0.15, 0.2) is 0 Å². The molecule has 2 aromatic rings. The molecule has 0 saturated carbocycles.